The second-order valence-electron chi connectivity index (χ2n) is 3.73. The monoisotopic (exact) mass is 238 g/mol. The predicted molar refractivity (Wildman–Crippen MR) is 63.5 cm³/mol. The minimum Gasteiger partial charge on any atom is -0.463 e. The van der Waals surface area contributed by atoms with Crippen LogP contribution < -0.4 is 5.32 Å². The van der Waals surface area contributed by atoms with Gasteiger partial charge in [-0.2, -0.15) is 0 Å². The van der Waals surface area contributed by atoms with Crippen molar-refractivity contribution in [3.63, 3.8) is 0 Å². The molecule has 0 aliphatic carbocycles. The molecule has 0 atom stereocenters. The summed E-state index contributed by atoms with van der Waals surface area (Å²) in [6.07, 6.45) is 0. The molecule has 0 aliphatic rings. The van der Waals surface area contributed by atoms with Crippen LogP contribution >= 0.6 is 0 Å². The highest BCUT2D eigenvalue weighted by atomic mass is 16.5. The van der Waals surface area contributed by atoms with Crippen molar-refractivity contribution in [3.8, 4) is 0 Å². The van der Waals surface area contributed by atoms with Crippen molar-refractivity contribution >= 4 is 5.97 Å². The lowest BCUT2D eigenvalue weighted by molar-refractivity contribution is -0.138. The summed E-state index contributed by atoms with van der Waals surface area (Å²) in [5, 5.41) is 6.96. The summed E-state index contributed by atoms with van der Waals surface area (Å²) in [5.74, 6) is 0.426. The van der Waals surface area contributed by atoms with Crippen LogP contribution in [0.4, 0.5) is 0 Å². The largest absolute Gasteiger partial charge is 0.463 e. The molecule has 0 spiro atoms. The molecular weight excluding hydrogens is 220 g/mol. The maximum atomic E-state index is 11.3. The minimum absolute atomic E-state index is 0.362. The second kappa shape index (κ2) is 6.20. The van der Waals surface area contributed by atoms with E-state index in [-0.39, 0.29) is 5.97 Å². The van der Waals surface area contributed by atoms with Crippen molar-refractivity contribution < 1.29 is 14.1 Å². The van der Waals surface area contributed by atoms with Crippen LogP contribution in [-0.4, -0.2) is 24.3 Å². The van der Waals surface area contributed by atoms with Crippen LogP contribution in [0.2, 0.25) is 0 Å². The molecule has 1 heterocycles. The van der Waals surface area contributed by atoms with Crippen LogP contribution in [0.25, 0.3) is 0 Å². The molecule has 0 amide bonds. The van der Waals surface area contributed by atoms with Gasteiger partial charge in [0.1, 0.15) is 5.76 Å². The Bertz CT molecular complexity index is 390. The molecule has 1 rings (SSSR count). The van der Waals surface area contributed by atoms with Crippen LogP contribution in [0, 0.1) is 13.8 Å². The summed E-state index contributed by atoms with van der Waals surface area (Å²) in [6.45, 7) is 10.5. The molecule has 0 fully saturated rings. The van der Waals surface area contributed by atoms with Gasteiger partial charge in [0.05, 0.1) is 12.3 Å². The number of hydrogen-bond donors (Lipinski definition) is 1. The topological polar surface area (TPSA) is 64.4 Å². The highest BCUT2D eigenvalue weighted by Gasteiger charge is 2.10. The van der Waals surface area contributed by atoms with Gasteiger partial charge in [0, 0.05) is 24.2 Å². The fraction of sp³-hybridized carbons (Fsp3) is 0.500. The highest BCUT2D eigenvalue weighted by Crippen LogP contribution is 2.11. The van der Waals surface area contributed by atoms with Crippen molar-refractivity contribution in [2.75, 3.05) is 13.2 Å². The number of aryl methyl sites for hydroxylation is 2. The molecule has 94 valence electrons. The number of aromatic nitrogens is 1. The Balaban J connectivity index is 2.38. The SMILES string of the molecule is C=C(CNCc1c(C)noc1C)C(=O)OCC. The van der Waals surface area contributed by atoms with Gasteiger partial charge in [-0.3, -0.25) is 0 Å². The summed E-state index contributed by atoms with van der Waals surface area (Å²) >= 11 is 0. The molecule has 0 aliphatic heterocycles. The Hall–Kier alpha value is -1.62. The quantitative estimate of drug-likeness (QED) is 0.601. The average molecular weight is 238 g/mol. The van der Waals surface area contributed by atoms with Gasteiger partial charge in [-0.05, 0) is 20.8 Å². The third kappa shape index (κ3) is 3.71. The molecule has 5 heteroatoms. The van der Waals surface area contributed by atoms with Gasteiger partial charge in [-0.25, -0.2) is 4.79 Å². The number of rotatable bonds is 6. The van der Waals surface area contributed by atoms with E-state index >= 15 is 0 Å². The molecule has 0 saturated heterocycles. The van der Waals surface area contributed by atoms with Crippen molar-refractivity contribution in [2.24, 2.45) is 0 Å². The molecule has 1 aromatic heterocycles. The van der Waals surface area contributed by atoms with Crippen LogP contribution in [0.3, 0.4) is 0 Å². The van der Waals surface area contributed by atoms with E-state index in [0.717, 1.165) is 17.0 Å². The number of carbonyl (C=O) groups is 1. The van der Waals surface area contributed by atoms with Crippen LogP contribution in [-0.2, 0) is 16.1 Å². The maximum Gasteiger partial charge on any atom is 0.334 e. The Morgan fingerprint density at radius 1 is 1.53 bits per heavy atom. The molecule has 0 saturated carbocycles. The number of esters is 1. The first kappa shape index (κ1) is 13.4. The summed E-state index contributed by atoms with van der Waals surface area (Å²) in [6, 6.07) is 0. The fourth-order valence-corrected chi connectivity index (χ4v) is 1.40. The van der Waals surface area contributed by atoms with E-state index in [0.29, 0.717) is 25.3 Å². The predicted octanol–water partition coefficient (Wildman–Crippen LogP) is 1.50. The second-order valence-corrected chi connectivity index (χ2v) is 3.73. The van der Waals surface area contributed by atoms with Gasteiger partial charge in [0.2, 0.25) is 0 Å². The normalized spacial score (nSPS) is 10.3. The molecule has 17 heavy (non-hydrogen) atoms. The first-order valence-electron chi connectivity index (χ1n) is 5.53. The summed E-state index contributed by atoms with van der Waals surface area (Å²) in [4.78, 5) is 11.3. The van der Waals surface area contributed by atoms with E-state index in [1.165, 1.54) is 0 Å². The van der Waals surface area contributed by atoms with Crippen LogP contribution in [0.5, 0.6) is 0 Å². The van der Waals surface area contributed by atoms with E-state index in [9.17, 15) is 4.79 Å². The molecular formula is C12H18N2O3. The Kier molecular flexibility index (Phi) is 4.90. The first-order valence-corrected chi connectivity index (χ1v) is 5.53. The molecule has 0 radical (unpaired) electrons. The number of nitrogens with zero attached hydrogens (tertiary/aromatic N) is 1. The zero-order valence-electron chi connectivity index (χ0n) is 10.5. The first-order chi connectivity index (χ1) is 8.06. The van der Waals surface area contributed by atoms with Gasteiger partial charge in [0.15, 0.2) is 0 Å². The third-order valence-corrected chi connectivity index (χ3v) is 2.39. The third-order valence-electron chi connectivity index (χ3n) is 2.39. The Labute approximate surface area is 101 Å². The molecule has 0 aromatic carbocycles. The van der Waals surface area contributed by atoms with Gasteiger partial charge >= 0.3 is 5.97 Å². The fourth-order valence-electron chi connectivity index (χ4n) is 1.40. The highest BCUT2D eigenvalue weighted by molar-refractivity contribution is 5.88. The van der Waals surface area contributed by atoms with Crippen molar-refractivity contribution in [1.82, 2.24) is 10.5 Å². The molecule has 5 nitrogen and oxygen atoms in total. The van der Waals surface area contributed by atoms with Crippen molar-refractivity contribution in [2.45, 2.75) is 27.3 Å². The number of nitrogens with one attached hydrogen (secondary N) is 1. The number of carbonyl (C=O) groups excluding carboxylic acids is 1. The van der Waals surface area contributed by atoms with Crippen LogP contribution in [0.1, 0.15) is 23.9 Å². The van der Waals surface area contributed by atoms with E-state index in [1.807, 2.05) is 13.8 Å². The van der Waals surface area contributed by atoms with Crippen LogP contribution in [0.15, 0.2) is 16.7 Å². The smallest absolute Gasteiger partial charge is 0.334 e. The lowest BCUT2D eigenvalue weighted by atomic mass is 10.2. The van der Waals surface area contributed by atoms with E-state index < -0.39 is 0 Å². The Morgan fingerprint density at radius 3 is 2.76 bits per heavy atom. The lowest BCUT2D eigenvalue weighted by Gasteiger charge is -2.06. The van der Waals surface area contributed by atoms with Crippen molar-refractivity contribution in [1.29, 1.82) is 0 Å². The van der Waals surface area contributed by atoms with Gasteiger partial charge in [0.25, 0.3) is 0 Å². The minimum atomic E-state index is -0.362. The molecule has 1 N–H and O–H groups in total. The van der Waals surface area contributed by atoms with Gasteiger partial charge in [-0.1, -0.05) is 11.7 Å². The maximum absolute atomic E-state index is 11.3. The standard InChI is InChI=1S/C12H18N2O3/c1-5-16-12(15)8(2)6-13-7-11-9(3)14-17-10(11)4/h13H,2,5-7H2,1,3-4H3. The molecule has 0 bridgehead atoms. The summed E-state index contributed by atoms with van der Waals surface area (Å²) in [7, 11) is 0. The molecule has 1 aromatic rings. The van der Waals surface area contributed by atoms with E-state index in [4.69, 9.17) is 9.26 Å². The average Bonchev–Trinajstić information content (AvgIpc) is 2.60. The Morgan fingerprint density at radius 2 is 2.24 bits per heavy atom. The summed E-state index contributed by atoms with van der Waals surface area (Å²) in [5.41, 5.74) is 2.29. The number of ether oxygens (including phenoxy) is 1. The number of hydrogen-bond acceptors (Lipinski definition) is 5. The zero-order valence-corrected chi connectivity index (χ0v) is 10.5. The molecule has 0 unspecified atom stereocenters. The van der Waals surface area contributed by atoms with Gasteiger partial charge in [-0.15, -0.1) is 0 Å². The van der Waals surface area contributed by atoms with Crippen molar-refractivity contribution in [3.05, 3.63) is 29.2 Å². The van der Waals surface area contributed by atoms with E-state index in [2.05, 4.69) is 17.1 Å². The van der Waals surface area contributed by atoms with E-state index in [1.54, 1.807) is 6.92 Å². The van der Waals surface area contributed by atoms with Gasteiger partial charge < -0.3 is 14.6 Å². The summed E-state index contributed by atoms with van der Waals surface area (Å²) < 4.78 is 9.86. The zero-order chi connectivity index (χ0) is 12.8. The lowest BCUT2D eigenvalue weighted by Crippen LogP contribution is -2.21.